The molecule has 0 spiro atoms. The molecule has 196 valence electrons. The summed E-state index contributed by atoms with van der Waals surface area (Å²) in [6.45, 7) is 0. The molecule has 16 heteroatoms. The molecule has 12 nitrogen and oxygen atoms in total. The number of esters is 1. The number of nitrogens with one attached hydrogen (secondary N) is 1. The second-order valence-corrected chi connectivity index (χ2v) is 11.2. The molecular weight excluding hydrogens is 575 g/mol. The van der Waals surface area contributed by atoms with Gasteiger partial charge in [0.05, 0.1) is 18.1 Å². The van der Waals surface area contributed by atoms with Crippen LogP contribution in [-0.4, -0.2) is 71.8 Å². The Morgan fingerprint density at radius 1 is 1.23 bits per heavy atom. The van der Waals surface area contributed by atoms with Gasteiger partial charge in [-0.05, 0) is 45.1 Å². The molecule has 1 aromatic carbocycles. The molecule has 2 atom stereocenters. The summed E-state index contributed by atoms with van der Waals surface area (Å²) in [5.41, 5.74) is 0.800. The molecular formula is C23H19N6NaO6S3. The monoisotopic (exact) mass is 594 g/mol. The van der Waals surface area contributed by atoms with Crippen molar-refractivity contribution in [3.8, 4) is 5.75 Å². The molecule has 1 saturated heterocycles. The molecule has 0 aliphatic carbocycles. The molecule has 0 radical (unpaired) electrons. The Morgan fingerprint density at radius 2 is 2.00 bits per heavy atom. The Balaban J connectivity index is 0.00000353. The van der Waals surface area contributed by atoms with Crippen molar-refractivity contribution >= 4 is 58.6 Å². The Kier molecular flexibility index (Phi) is 9.51. The van der Waals surface area contributed by atoms with E-state index in [4.69, 9.17) is 4.74 Å². The molecule has 4 heterocycles. The van der Waals surface area contributed by atoms with E-state index in [0.717, 1.165) is 16.2 Å². The molecule has 1 fully saturated rings. The zero-order chi connectivity index (χ0) is 26.8. The van der Waals surface area contributed by atoms with Crippen molar-refractivity contribution in [2.75, 3.05) is 11.5 Å². The van der Waals surface area contributed by atoms with Gasteiger partial charge < -0.3 is 20.0 Å². The van der Waals surface area contributed by atoms with Crippen molar-refractivity contribution in [2.45, 2.75) is 23.0 Å². The average Bonchev–Trinajstić information content (AvgIpc) is 3.54. The van der Waals surface area contributed by atoms with E-state index in [-0.39, 0.29) is 47.4 Å². The van der Waals surface area contributed by atoms with Crippen LogP contribution in [0.1, 0.15) is 15.2 Å². The van der Waals surface area contributed by atoms with Crippen molar-refractivity contribution < 1.29 is 58.6 Å². The Hall–Kier alpha value is -2.69. The summed E-state index contributed by atoms with van der Waals surface area (Å²) in [6.07, 6.45) is -0.138. The van der Waals surface area contributed by atoms with E-state index in [1.807, 2.05) is 0 Å². The number of aryl methyl sites for hydroxylation is 1. The van der Waals surface area contributed by atoms with Crippen molar-refractivity contribution in [3.05, 3.63) is 63.5 Å². The zero-order valence-corrected chi connectivity index (χ0v) is 25.2. The van der Waals surface area contributed by atoms with Gasteiger partial charge in [-0.1, -0.05) is 30.0 Å². The number of carboxylic acid groups (broad SMARTS) is 1. The van der Waals surface area contributed by atoms with Gasteiger partial charge in [0.25, 0.3) is 5.91 Å². The summed E-state index contributed by atoms with van der Waals surface area (Å²) in [5.74, 6) is -2.05. The van der Waals surface area contributed by atoms with E-state index in [0.29, 0.717) is 32.7 Å². The largest absolute Gasteiger partial charge is 1.00 e. The first-order valence-electron chi connectivity index (χ1n) is 11.2. The quantitative estimate of drug-likeness (QED) is 0.0899. The van der Waals surface area contributed by atoms with Crippen LogP contribution in [-0.2, 0) is 27.9 Å². The van der Waals surface area contributed by atoms with Crippen LogP contribution in [0.25, 0.3) is 0 Å². The van der Waals surface area contributed by atoms with E-state index >= 15 is 0 Å². The van der Waals surface area contributed by atoms with Crippen LogP contribution in [0.4, 0.5) is 0 Å². The van der Waals surface area contributed by atoms with Gasteiger partial charge in [0.2, 0.25) is 11.1 Å². The molecule has 3 aromatic rings. The number of carbonyl (C=O) groups excluding carboxylic acids is 4. The third-order valence-corrected chi connectivity index (χ3v) is 9.12. The third-order valence-electron chi connectivity index (χ3n) is 5.75. The van der Waals surface area contributed by atoms with Gasteiger partial charge in [0.1, 0.15) is 22.0 Å². The number of benzene rings is 1. The molecule has 2 aromatic heterocycles. The first-order chi connectivity index (χ1) is 18.3. The molecule has 1 N–H and O–H groups in total. The number of aliphatic carboxylic acids is 1. The predicted octanol–water partition coefficient (Wildman–Crippen LogP) is -2.77. The van der Waals surface area contributed by atoms with Crippen molar-refractivity contribution in [2.24, 2.45) is 7.05 Å². The zero-order valence-electron chi connectivity index (χ0n) is 20.7. The average molecular weight is 595 g/mol. The van der Waals surface area contributed by atoms with Gasteiger partial charge in [-0.2, -0.15) is 0 Å². The fourth-order valence-electron chi connectivity index (χ4n) is 3.97. The molecule has 0 saturated carbocycles. The summed E-state index contributed by atoms with van der Waals surface area (Å²) in [5, 5.41) is 27.4. The van der Waals surface area contributed by atoms with Crippen molar-refractivity contribution in [1.29, 1.82) is 0 Å². The summed E-state index contributed by atoms with van der Waals surface area (Å²) in [6, 6.07) is 9.36. The maximum atomic E-state index is 12.9. The minimum absolute atomic E-state index is 0. The van der Waals surface area contributed by atoms with Crippen LogP contribution in [0.3, 0.4) is 0 Å². The van der Waals surface area contributed by atoms with E-state index in [2.05, 4.69) is 20.8 Å². The van der Waals surface area contributed by atoms with E-state index in [9.17, 15) is 24.3 Å². The number of nitrogens with zero attached hydrogens (tertiary/aromatic N) is 5. The second-order valence-electron chi connectivity index (χ2n) is 8.22. The first kappa shape index (κ1) is 29.3. The molecule has 2 aliphatic rings. The topological polar surface area (TPSA) is 159 Å². The first-order valence-corrected chi connectivity index (χ1v) is 14.1. The molecule has 1 unspecified atom stereocenters. The summed E-state index contributed by atoms with van der Waals surface area (Å²) in [7, 11) is 1.67. The number of carboxylic acids is 1. The van der Waals surface area contributed by atoms with Gasteiger partial charge in [-0.25, -0.2) is 9.48 Å². The fraction of sp³-hybridized carbons (Fsp3) is 0.261. The number of aromatic nitrogens is 4. The molecule has 39 heavy (non-hydrogen) atoms. The number of rotatable bonds is 9. The third kappa shape index (κ3) is 6.23. The number of ether oxygens (including phenoxy) is 1. The van der Waals surface area contributed by atoms with Crippen LogP contribution in [0.5, 0.6) is 5.75 Å². The number of para-hydroxylation sites is 1. The minimum Gasteiger partial charge on any atom is -0.543 e. The van der Waals surface area contributed by atoms with Gasteiger partial charge in [0, 0.05) is 18.6 Å². The number of thioether (sulfide) groups is 2. The Bertz CT molecular complexity index is 1440. The molecule has 2 aliphatic heterocycles. The van der Waals surface area contributed by atoms with E-state index in [1.165, 1.54) is 28.2 Å². The van der Waals surface area contributed by atoms with Crippen molar-refractivity contribution in [3.63, 3.8) is 0 Å². The molecule has 5 rings (SSSR count). The van der Waals surface area contributed by atoms with Crippen LogP contribution in [0, 0.1) is 0 Å². The maximum Gasteiger partial charge on any atom is 1.00 e. The van der Waals surface area contributed by atoms with Gasteiger partial charge in [-0.15, -0.1) is 28.2 Å². The number of hydrogen-bond acceptors (Lipinski definition) is 12. The Labute approximate surface area is 256 Å². The fourth-order valence-corrected chi connectivity index (χ4v) is 7.10. The van der Waals surface area contributed by atoms with Gasteiger partial charge in [0.15, 0.2) is 0 Å². The molecule has 0 bridgehead atoms. The minimum atomic E-state index is -1.46. The van der Waals surface area contributed by atoms with Crippen molar-refractivity contribution in [1.82, 2.24) is 30.4 Å². The van der Waals surface area contributed by atoms with Crippen LogP contribution in [0.2, 0.25) is 0 Å². The smallest absolute Gasteiger partial charge is 0.543 e. The normalized spacial score (nSPS) is 18.1. The second kappa shape index (κ2) is 12.7. The standard InChI is InChI=1S/C23H20N6O6S3.Na/c1-28-23(25-26-27-28)38-11-13-10-37-20-16(19(31)29(20)17(13)21(32)33)24-15(30)9-12-7-8-36-18(12)22(34)35-14-5-3-2-4-6-14;/h2-8,16,20H,9-11H2,1H3,(H,24,30)(H,32,33);/q;+1/p-1/t16?,20-;/m0./s1. The number of hydrogen-bond donors (Lipinski definition) is 1. The Morgan fingerprint density at radius 3 is 2.69 bits per heavy atom. The summed E-state index contributed by atoms with van der Waals surface area (Å²) in [4.78, 5) is 51.7. The van der Waals surface area contributed by atoms with Crippen LogP contribution >= 0.6 is 34.9 Å². The molecule has 2 amide bonds. The SMILES string of the molecule is Cn1nnnc1SCC1=C(C(=O)[O-])N2C(=O)C(NC(=O)Cc3ccsc3C(=O)Oc3ccccc3)[C@@H]2SC1.[Na+]. The number of carbonyl (C=O) groups is 4. The number of β-lactam (4-membered cyclic amide) rings is 1. The number of amides is 2. The van der Waals surface area contributed by atoms with Gasteiger partial charge >= 0.3 is 35.5 Å². The number of fused-ring (bicyclic) bond motifs is 1. The maximum absolute atomic E-state index is 12.9. The summed E-state index contributed by atoms with van der Waals surface area (Å²) < 4.78 is 6.83. The van der Waals surface area contributed by atoms with E-state index < -0.39 is 35.2 Å². The van der Waals surface area contributed by atoms with Crippen LogP contribution in [0.15, 0.2) is 58.2 Å². The van der Waals surface area contributed by atoms with Gasteiger partial charge in [-0.3, -0.25) is 14.5 Å². The predicted molar refractivity (Wildman–Crippen MR) is 136 cm³/mol. The number of thiophene rings is 1. The summed E-state index contributed by atoms with van der Waals surface area (Å²) >= 11 is 3.76. The van der Waals surface area contributed by atoms with Crippen LogP contribution < -0.4 is 44.7 Å². The van der Waals surface area contributed by atoms with E-state index in [1.54, 1.807) is 48.8 Å². The number of tetrazole rings is 1.